The largest absolute Gasteiger partial charge is 0.435 e. The summed E-state index contributed by atoms with van der Waals surface area (Å²) in [7, 11) is 0. The number of aromatic nitrogens is 1. The number of hydrogen-bond acceptors (Lipinski definition) is 5. The fraction of sp³-hybridized carbons (Fsp3) is 0.400. The molecule has 1 fully saturated rings. The van der Waals surface area contributed by atoms with Crippen LogP contribution in [0.3, 0.4) is 0 Å². The minimum atomic E-state index is -4.92. The average Bonchev–Trinajstić information content (AvgIpc) is 2.75. The van der Waals surface area contributed by atoms with Crippen molar-refractivity contribution in [3.05, 3.63) is 58.6 Å². The van der Waals surface area contributed by atoms with Gasteiger partial charge in [-0.15, -0.1) is 0 Å². The summed E-state index contributed by atoms with van der Waals surface area (Å²) in [6.07, 6.45) is -13.4. The lowest BCUT2D eigenvalue weighted by Gasteiger charge is -2.35. The van der Waals surface area contributed by atoms with Gasteiger partial charge >= 0.3 is 18.4 Å². The molecule has 1 N–H and O–H groups in total. The van der Waals surface area contributed by atoms with Crippen molar-refractivity contribution in [2.24, 2.45) is 0 Å². The van der Waals surface area contributed by atoms with Crippen molar-refractivity contribution in [2.45, 2.75) is 24.6 Å². The van der Waals surface area contributed by atoms with E-state index in [1.807, 2.05) is 5.32 Å². The lowest BCUT2D eigenvalue weighted by Crippen LogP contribution is -2.48. The summed E-state index contributed by atoms with van der Waals surface area (Å²) in [5.74, 6) is -0.885. The molecule has 14 heteroatoms. The zero-order valence-electron chi connectivity index (χ0n) is 17.1. The number of halogens is 8. The van der Waals surface area contributed by atoms with Gasteiger partial charge in [0.25, 0.3) is 0 Å². The molecule has 2 heterocycles. The lowest BCUT2D eigenvalue weighted by molar-refractivity contribution is -0.209. The number of nitrogens with one attached hydrogen (secondary N) is 1. The summed E-state index contributed by atoms with van der Waals surface area (Å²) >= 11 is 5.52. The third kappa shape index (κ3) is 6.93. The summed E-state index contributed by atoms with van der Waals surface area (Å²) < 4.78 is 102. The molecule has 1 aromatic carbocycles. The first-order chi connectivity index (χ1) is 15.8. The quantitative estimate of drug-likeness (QED) is 0.537. The van der Waals surface area contributed by atoms with Gasteiger partial charge in [0.2, 0.25) is 6.10 Å². The van der Waals surface area contributed by atoms with Crippen molar-refractivity contribution in [1.29, 1.82) is 0 Å². The van der Waals surface area contributed by atoms with E-state index in [1.165, 1.54) is 11.0 Å². The summed E-state index contributed by atoms with van der Waals surface area (Å²) in [6, 6.07) is 5.00. The number of hydrogen-bond donors (Lipinski definition) is 1. The van der Waals surface area contributed by atoms with Crippen LogP contribution >= 0.6 is 11.6 Å². The second kappa shape index (κ2) is 10.3. The fourth-order valence-electron chi connectivity index (χ4n) is 3.13. The number of ether oxygens (including phenoxy) is 2. The predicted octanol–water partition coefficient (Wildman–Crippen LogP) is 5.45. The van der Waals surface area contributed by atoms with Gasteiger partial charge in [-0.1, -0.05) is 17.7 Å². The third-order valence-electron chi connectivity index (χ3n) is 4.80. The number of alkyl halides is 6. The smallest absolute Gasteiger partial charge is 0.433 e. The number of pyridine rings is 1. The highest BCUT2D eigenvalue weighted by molar-refractivity contribution is 6.30. The SMILES string of the molecule is O=C(Nc1ccc(Cl)c(F)c1)OC(CN1CCOC(c2ccc(C(F)(F)F)nc2)C1)C(F)(F)F. The van der Waals surface area contributed by atoms with Crippen LogP contribution in [-0.2, 0) is 15.7 Å². The molecule has 6 nitrogen and oxygen atoms in total. The van der Waals surface area contributed by atoms with Crippen LogP contribution in [0, 0.1) is 5.82 Å². The van der Waals surface area contributed by atoms with Gasteiger partial charge in [0.15, 0.2) is 0 Å². The monoisotopic (exact) mass is 515 g/mol. The number of carbonyl (C=O) groups is 1. The van der Waals surface area contributed by atoms with Crippen molar-refractivity contribution >= 4 is 23.4 Å². The number of amides is 1. The van der Waals surface area contributed by atoms with Crippen molar-refractivity contribution in [3.63, 3.8) is 0 Å². The molecular weight excluding hydrogens is 499 g/mol. The van der Waals surface area contributed by atoms with Crippen molar-refractivity contribution in [2.75, 3.05) is 31.6 Å². The van der Waals surface area contributed by atoms with E-state index < -0.39 is 48.7 Å². The maximum atomic E-state index is 13.5. The number of rotatable bonds is 5. The van der Waals surface area contributed by atoms with Crippen molar-refractivity contribution < 1.29 is 45.0 Å². The number of morpholine rings is 1. The Labute approximate surface area is 193 Å². The molecule has 0 bridgehead atoms. The molecule has 34 heavy (non-hydrogen) atoms. The highest BCUT2D eigenvalue weighted by Gasteiger charge is 2.44. The Kier molecular flexibility index (Phi) is 7.88. The first kappa shape index (κ1) is 26.0. The standard InChI is InChI=1S/C20H17ClF7N3O3/c21-13-3-2-12(7-14(13)22)30-18(32)34-17(20(26,27)28)10-31-5-6-33-15(9-31)11-1-4-16(29-8-11)19(23,24)25/h1-4,7-8,15,17H,5-6,9-10H2,(H,30,32). The maximum absolute atomic E-state index is 13.5. The second-order valence-corrected chi connectivity index (χ2v) is 7.69. The normalized spacial score (nSPS) is 18.4. The summed E-state index contributed by atoms with van der Waals surface area (Å²) in [5.41, 5.74) is -1.01. The van der Waals surface area contributed by atoms with Crippen LogP contribution in [0.5, 0.6) is 0 Å². The first-order valence-corrected chi connectivity index (χ1v) is 10.1. The number of carbonyl (C=O) groups excluding carboxylic acids is 1. The Hall–Kier alpha value is -2.64. The van der Waals surface area contributed by atoms with E-state index in [0.717, 1.165) is 30.5 Å². The van der Waals surface area contributed by atoms with Crippen molar-refractivity contribution in [1.82, 2.24) is 9.88 Å². The highest BCUT2D eigenvalue weighted by Crippen LogP contribution is 2.30. The summed E-state index contributed by atoms with van der Waals surface area (Å²) in [5, 5.41) is 1.76. The lowest BCUT2D eigenvalue weighted by atomic mass is 10.1. The van der Waals surface area contributed by atoms with E-state index >= 15 is 0 Å². The van der Waals surface area contributed by atoms with Gasteiger partial charge < -0.3 is 9.47 Å². The van der Waals surface area contributed by atoms with Gasteiger partial charge in [-0.25, -0.2) is 9.18 Å². The molecule has 0 radical (unpaired) electrons. The number of anilines is 1. The van der Waals surface area contributed by atoms with Gasteiger partial charge in [-0.3, -0.25) is 15.2 Å². The van der Waals surface area contributed by atoms with E-state index in [1.54, 1.807) is 0 Å². The maximum Gasteiger partial charge on any atom is 0.433 e. The molecule has 2 atom stereocenters. The molecule has 1 aliphatic heterocycles. The fourth-order valence-corrected chi connectivity index (χ4v) is 3.24. The van der Waals surface area contributed by atoms with Gasteiger partial charge in [0.05, 0.1) is 17.7 Å². The summed E-state index contributed by atoms with van der Waals surface area (Å²) in [6.45, 7) is -0.802. The minimum Gasteiger partial charge on any atom is -0.435 e. The molecule has 2 unspecified atom stereocenters. The Morgan fingerprint density at radius 1 is 1.24 bits per heavy atom. The van der Waals surface area contributed by atoms with Crippen LogP contribution in [0.4, 0.5) is 41.2 Å². The Morgan fingerprint density at radius 2 is 1.97 bits per heavy atom. The topological polar surface area (TPSA) is 63.7 Å². The molecule has 186 valence electrons. The summed E-state index contributed by atoms with van der Waals surface area (Å²) in [4.78, 5) is 16.6. The van der Waals surface area contributed by atoms with Gasteiger partial charge in [0, 0.05) is 37.1 Å². The van der Waals surface area contributed by atoms with Crippen LogP contribution in [0.25, 0.3) is 0 Å². The van der Waals surface area contributed by atoms with Crippen LogP contribution in [0.2, 0.25) is 5.02 Å². The van der Waals surface area contributed by atoms with Crippen LogP contribution < -0.4 is 5.32 Å². The minimum absolute atomic E-state index is 0.00743. The van der Waals surface area contributed by atoms with E-state index in [9.17, 15) is 35.5 Å². The molecule has 1 aromatic heterocycles. The molecule has 0 aliphatic carbocycles. The van der Waals surface area contributed by atoms with Gasteiger partial charge in [-0.05, 0) is 24.3 Å². The third-order valence-corrected chi connectivity index (χ3v) is 5.11. The second-order valence-electron chi connectivity index (χ2n) is 7.28. The first-order valence-electron chi connectivity index (χ1n) is 9.69. The van der Waals surface area contributed by atoms with Crippen LogP contribution in [-0.4, -0.2) is 54.5 Å². The van der Waals surface area contributed by atoms with Crippen LogP contribution in [0.1, 0.15) is 17.4 Å². The predicted molar refractivity (Wildman–Crippen MR) is 106 cm³/mol. The van der Waals surface area contributed by atoms with E-state index in [4.69, 9.17) is 16.3 Å². The van der Waals surface area contributed by atoms with E-state index in [0.29, 0.717) is 0 Å². The molecule has 2 aromatic rings. The zero-order chi connectivity index (χ0) is 25.1. The zero-order valence-corrected chi connectivity index (χ0v) is 17.8. The molecule has 3 rings (SSSR count). The van der Waals surface area contributed by atoms with Gasteiger partial charge in [-0.2, -0.15) is 26.3 Å². The van der Waals surface area contributed by atoms with Crippen LogP contribution in [0.15, 0.2) is 36.5 Å². The Balaban J connectivity index is 1.64. The highest BCUT2D eigenvalue weighted by atomic mass is 35.5. The molecule has 1 aliphatic rings. The van der Waals surface area contributed by atoms with E-state index in [-0.39, 0.29) is 36.0 Å². The molecule has 0 saturated carbocycles. The Morgan fingerprint density at radius 3 is 2.56 bits per heavy atom. The molecule has 1 amide bonds. The molecular formula is C20H17ClF7N3O3. The van der Waals surface area contributed by atoms with Crippen molar-refractivity contribution in [3.8, 4) is 0 Å². The van der Waals surface area contributed by atoms with E-state index in [2.05, 4.69) is 9.72 Å². The Bertz CT molecular complexity index is 1000. The van der Waals surface area contributed by atoms with Gasteiger partial charge in [0.1, 0.15) is 11.5 Å². The molecule has 0 spiro atoms. The molecule has 1 saturated heterocycles. The number of benzene rings is 1. The average molecular weight is 516 g/mol. The number of nitrogens with zero attached hydrogens (tertiary/aromatic N) is 2.